The van der Waals surface area contributed by atoms with Crippen molar-refractivity contribution in [1.82, 2.24) is 20.9 Å². The maximum Gasteiger partial charge on any atom is 0.471 e. The number of esters is 1. The lowest BCUT2D eigenvalue weighted by Crippen LogP contribution is -2.62. The molecule has 3 N–H and O–H groups in total. The molecule has 0 radical (unpaired) electrons. The third-order valence-electron chi connectivity index (χ3n) is 7.49. The largest absolute Gasteiger partial charge is 0.471 e. The Bertz CT molecular complexity index is 1040. The lowest BCUT2D eigenvalue weighted by molar-refractivity contribution is -0.177. The fourth-order valence-corrected chi connectivity index (χ4v) is 5.29. The molecular weight excluding hydrogens is 511 g/mol. The van der Waals surface area contributed by atoms with Gasteiger partial charge in [-0.2, -0.15) is 18.4 Å². The molecule has 0 aromatic carbocycles. The zero-order valence-corrected chi connectivity index (χ0v) is 21.6. The summed E-state index contributed by atoms with van der Waals surface area (Å²) in [5.41, 5.74) is -1.54. The first-order valence-corrected chi connectivity index (χ1v) is 12.4. The van der Waals surface area contributed by atoms with E-state index in [0.29, 0.717) is 6.42 Å². The maximum absolute atomic E-state index is 13.8. The number of ether oxygens (including phenoxy) is 1. The zero-order valence-electron chi connectivity index (χ0n) is 21.6. The molecule has 3 heterocycles. The van der Waals surface area contributed by atoms with Gasteiger partial charge in [-0.3, -0.25) is 19.2 Å². The van der Waals surface area contributed by atoms with Crippen molar-refractivity contribution in [2.24, 2.45) is 23.2 Å². The molecule has 2 bridgehead atoms. The van der Waals surface area contributed by atoms with Crippen molar-refractivity contribution in [2.75, 3.05) is 13.2 Å². The average Bonchev–Trinajstić information content (AvgIpc) is 3.43. The van der Waals surface area contributed by atoms with E-state index in [2.05, 4.69) is 10.6 Å². The third-order valence-corrected chi connectivity index (χ3v) is 7.49. The van der Waals surface area contributed by atoms with Crippen LogP contribution in [0.1, 0.15) is 47.0 Å². The monoisotopic (exact) mass is 543 g/mol. The Labute approximate surface area is 217 Å². The van der Waals surface area contributed by atoms with E-state index in [1.54, 1.807) is 5.32 Å². The number of cyclic esters (lactones) is 1. The van der Waals surface area contributed by atoms with Gasteiger partial charge in [0.1, 0.15) is 24.2 Å². The SMILES string of the molecule is CC(C)[C@H]1CCN2C(=O)[C@@H](NC(=O)C(F)(F)F)C(C)(C)COC(=O)[C@@H]3C[C@@H](C[C@@H](C#N)NC(=O)[C@H]12)C(=O)N3. The number of halogens is 3. The summed E-state index contributed by atoms with van der Waals surface area (Å²) in [6.07, 6.45) is -5.03. The molecule has 3 aliphatic heterocycles. The molecule has 0 unspecified atom stereocenters. The van der Waals surface area contributed by atoms with Gasteiger partial charge in [0.25, 0.3) is 0 Å². The second kappa shape index (κ2) is 10.8. The van der Waals surface area contributed by atoms with E-state index in [9.17, 15) is 42.4 Å². The highest BCUT2D eigenvalue weighted by atomic mass is 19.4. The fraction of sp³-hybridized carbons (Fsp3) is 0.750. The molecule has 38 heavy (non-hydrogen) atoms. The number of nitriles is 1. The molecule has 0 spiro atoms. The average molecular weight is 544 g/mol. The van der Waals surface area contributed by atoms with E-state index in [1.807, 2.05) is 19.9 Å². The van der Waals surface area contributed by atoms with Gasteiger partial charge in [0, 0.05) is 17.9 Å². The van der Waals surface area contributed by atoms with Gasteiger partial charge in [-0.1, -0.05) is 27.7 Å². The van der Waals surface area contributed by atoms with Crippen molar-refractivity contribution in [3.8, 4) is 6.07 Å². The lowest BCUT2D eigenvalue weighted by atomic mass is 9.83. The lowest BCUT2D eigenvalue weighted by Gasteiger charge is -2.38. The van der Waals surface area contributed by atoms with Gasteiger partial charge in [-0.05, 0) is 31.1 Å². The zero-order chi connectivity index (χ0) is 28.6. The minimum absolute atomic E-state index is 0.0104. The number of alkyl halides is 3. The Hall–Kier alpha value is -3.37. The second-order valence-electron chi connectivity index (χ2n) is 11.1. The first-order valence-electron chi connectivity index (χ1n) is 12.4. The van der Waals surface area contributed by atoms with E-state index in [0.717, 1.165) is 4.90 Å². The van der Waals surface area contributed by atoms with Crippen LogP contribution in [0.2, 0.25) is 0 Å². The summed E-state index contributed by atoms with van der Waals surface area (Å²) < 4.78 is 44.9. The Morgan fingerprint density at radius 3 is 2.39 bits per heavy atom. The normalized spacial score (nSPS) is 32.3. The number of carbonyl (C=O) groups is 5. The van der Waals surface area contributed by atoms with Crippen molar-refractivity contribution in [3.63, 3.8) is 0 Å². The first-order chi connectivity index (χ1) is 17.6. The number of nitrogens with one attached hydrogen (secondary N) is 3. The molecule has 0 aliphatic carbocycles. The first kappa shape index (κ1) is 29.2. The molecule has 210 valence electrons. The summed E-state index contributed by atoms with van der Waals surface area (Å²) in [5.74, 6) is -6.60. The maximum atomic E-state index is 13.8. The van der Waals surface area contributed by atoms with Crippen molar-refractivity contribution in [3.05, 3.63) is 0 Å². The molecule has 6 atom stereocenters. The summed E-state index contributed by atoms with van der Waals surface area (Å²) in [6.45, 7) is 5.83. The third kappa shape index (κ3) is 6.02. The van der Waals surface area contributed by atoms with Gasteiger partial charge in [-0.15, -0.1) is 0 Å². The second-order valence-corrected chi connectivity index (χ2v) is 11.1. The number of hydrogen-bond donors (Lipinski definition) is 3. The topological polar surface area (TPSA) is 158 Å². The molecule has 0 aromatic heterocycles. The van der Waals surface area contributed by atoms with Crippen molar-refractivity contribution in [2.45, 2.75) is 77.3 Å². The summed E-state index contributed by atoms with van der Waals surface area (Å²) >= 11 is 0. The van der Waals surface area contributed by atoms with Gasteiger partial charge in [0.05, 0.1) is 12.7 Å². The smallest absolute Gasteiger partial charge is 0.463 e. The molecule has 3 aliphatic rings. The highest BCUT2D eigenvalue weighted by Gasteiger charge is 2.51. The van der Waals surface area contributed by atoms with Crippen LogP contribution in [0.25, 0.3) is 0 Å². The van der Waals surface area contributed by atoms with E-state index in [1.165, 1.54) is 13.8 Å². The molecule has 3 fully saturated rings. The summed E-state index contributed by atoms with van der Waals surface area (Å²) in [5, 5.41) is 16.4. The standard InChI is InChI=1S/C24H32F3N5O6/c1-11(2)14-5-6-32-16(14)19(34)29-13(9-28)7-12-8-15(30-18(12)33)21(36)38-10-23(3,4)17(20(32)35)31-22(37)24(25,26)27/h11-17H,5-8,10H2,1-4H3,(H,29,34)(H,30,33)(H,31,37)/t12-,13+,14-,15+,16+,17-/m1/s1. The number of fused-ring (bicyclic) bond motifs is 3. The Balaban J connectivity index is 2.06. The van der Waals surface area contributed by atoms with Gasteiger partial charge in [0.2, 0.25) is 17.7 Å². The number of carbonyl (C=O) groups excluding carboxylic acids is 5. The number of nitrogens with zero attached hydrogens (tertiary/aromatic N) is 2. The summed E-state index contributed by atoms with van der Waals surface area (Å²) in [4.78, 5) is 65.4. The van der Waals surface area contributed by atoms with E-state index in [-0.39, 0.29) is 31.2 Å². The molecule has 4 amide bonds. The fourth-order valence-electron chi connectivity index (χ4n) is 5.29. The van der Waals surface area contributed by atoms with Crippen LogP contribution in [-0.4, -0.2) is 78.0 Å². The van der Waals surface area contributed by atoms with Crippen LogP contribution in [0.3, 0.4) is 0 Å². The molecule has 11 nitrogen and oxygen atoms in total. The molecule has 0 aromatic rings. The summed E-state index contributed by atoms with van der Waals surface area (Å²) in [6, 6.07) is -3.21. The quantitative estimate of drug-likeness (QED) is 0.425. The van der Waals surface area contributed by atoms with Crippen molar-refractivity contribution >= 4 is 29.6 Å². The van der Waals surface area contributed by atoms with Crippen LogP contribution in [0.15, 0.2) is 0 Å². The Kier molecular flexibility index (Phi) is 8.28. The minimum atomic E-state index is -5.30. The number of rotatable bonds is 2. The van der Waals surface area contributed by atoms with Crippen molar-refractivity contribution < 1.29 is 41.9 Å². The Morgan fingerprint density at radius 2 is 1.82 bits per heavy atom. The van der Waals surface area contributed by atoms with E-state index in [4.69, 9.17) is 4.74 Å². The van der Waals surface area contributed by atoms with E-state index >= 15 is 0 Å². The van der Waals surface area contributed by atoms with Crippen LogP contribution in [0, 0.1) is 34.5 Å². The van der Waals surface area contributed by atoms with Gasteiger partial charge < -0.3 is 25.6 Å². The molecular formula is C24H32F3N5O6. The molecule has 3 rings (SSSR count). The van der Waals surface area contributed by atoms with Gasteiger partial charge in [0.15, 0.2) is 0 Å². The molecule has 14 heteroatoms. The molecule has 3 saturated heterocycles. The van der Waals surface area contributed by atoms with Crippen LogP contribution >= 0.6 is 0 Å². The van der Waals surface area contributed by atoms with Gasteiger partial charge >= 0.3 is 18.1 Å². The van der Waals surface area contributed by atoms with Crippen molar-refractivity contribution in [1.29, 1.82) is 5.26 Å². The predicted molar refractivity (Wildman–Crippen MR) is 123 cm³/mol. The van der Waals surface area contributed by atoms with Crippen LogP contribution < -0.4 is 16.0 Å². The highest BCUT2D eigenvalue weighted by molar-refractivity contribution is 5.95. The van der Waals surface area contributed by atoms with Gasteiger partial charge in [-0.25, -0.2) is 4.79 Å². The summed E-state index contributed by atoms with van der Waals surface area (Å²) in [7, 11) is 0. The number of amides is 4. The predicted octanol–water partition coefficient (Wildman–Crippen LogP) is 0.393. The Morgan fingerprint density at radius 1 is 1.16 bits per heavy atom. The minimum Gasteiger partial charge on any atom is -0.463 e. The van der Waals surface area contributed by atoms with E-state index < -0.39 is 77.9 Å². The van der Waals surface area contributed by atoms with Crippen LogP contribution in [0.5, 0.6) is 0 Å². The van der Waals surface area contributed by atoms with Crippen LogP contribution in [0.4, 0.5) is 13.2 Å². The van der Waals surface area contributed by atoms with Crippen LogP contribution in [-0.2, 0) is 28.7 Å². The highest BCUT2D eigenvalue weighted by Crippen LogP contribution is 2.34. The molecule has 0 saturated carbocycles. The number of hydrogen-bond acceptors (Lipinski definition) is 7.